The van der Waals surface area contributed by atoms with Gasteiger partial charge in [-0.3, -0.25) is 4.79 Å². The maximum absolute atomic E-state index is 11.2. The van der Waals surface area contributed by atoms with Crippen molar-refractivity contribution in [3.63, 3.8) is 0 Å². The number of hydrogen-bond donors (Lipinski definition) is 0. The van der Waals surface area contributed by atoms with E-state index in [1.165, 1.54) is 6.92 Å². The Hall–Kier alpha value is -1.33. The van der Waals surface area contributed by atoms with Crippen LogP contribution in [0.2, 0.25) is 0 Å². The van der Waals surface area contributed by atoms with E-state index in [-0.39, 0.29) is 11.9 Å². The molecule has 16 heavy (non-hydrogen) atoms. The Morgan fingerprint density at radius 2 is 2.31 bits per heavy atom. The average Bonchev–Trinajstić information content (AvgIpc) is 2.29. The van der Waals surface area contributed by atoms with Gasteiger partial charge in [0, 0.05) is 6.20 Å². The molecule has 1 aromatic rings. The summed E-state index contributed by atoms with van der Waals surface area (Å²) in [5.74, 6) is 0.562. The van der Waals surface area contributed by atoms with Crippen molar-refractivity contribution in [2.24, 2.45) is 0 Å². The van der Waals surface area contributed by atoms with Crippen LogP contribution in [0.5, 0.6) is 0 Å². The molecule has 0 N–H and O–H groups in total. The van der Waals surface area contributed by atoms with E-state index >= 15 is 0 Å². The van der Waals surface area contributed by atoms with Crippen LogP contribution in [-0.2, 0) is 9.47 Å². The Morgan fingerprint density at radius 1 is 1.50 bits per heavy atom. The predicted octanol–water partition coefficient (Wildman–Crippen LogP) is 1.08. The van der Waals surface area contributed by atoms with E-state index in [0.29, 0.717) is 36.9 Å². The second kappa shape index (κ2) is 4.67. The Bertz CT molecular complexity index is 400. The molecule has 0 radical (unpaired) electrons. The van der Waals surface area contributed by atoms with Gasteiger partial charge in [0.2, 0.25) is 0 Å². The molecule has 1 fully saturated rings. The Labute approximate surface area is 93.8 Å². The van der Waals surface area contributed by atoms with Crippen molar-refractivity contribution in [1.29, 1.82) is 0 Å². The Balaban J connectivity index is 2.23. The largest absolute Gasteiger partial charge is 0.376 e. The first-order valence-electron chi connectivity index (χ1n) is 5.22. The van der Waals surface area contributed by atoms with Crippen molar-refractivity contribution in [2.75, 3.05) is 19.8 Å². The van der Waals surface area contributed by atoms with Crippen LogP contribution in [0.15, 0.2) is 6.20 Å². The van der Waals surface area contributed by atoms with Crippen molar-refractivity contribution < 1.29 is 14.3 Å². The standard InChI is InChI=1S/C11H14N2O3/c1-7-9(8(2)14)5-12-11(13-7)10-6-15-3-4-16-10/h5,10H,3-4,6H2,1-2H3. The van der Waals surface area contributed by atoms with Gasteiger partial charge in [0.1, 0.15) is 6.10 Å². The van der Waals surface area contributed by atoms with E-state index in [2.05, 4.69) is 9.97 Å². The van der Waals surface area contributed by atoms with Crippen molar-refractivity contribution in [3.8, 4) is 0 Å². The first-order valence-corrected chi connectivity index (χ1v) is 5.22. The van der Waals surface area contributed by atoms with E-state index in [9.17, 15) is 4.79 Å². The summed E-state index contributed by atoms with van der Waals surface area (Å²) in [6.07, 6.45) is 1.34. The molecular formula is C11H14N2O3. The number of aromatic nitrogens is 2. The number of hydrogen-bond acceptors (Lipinski definition) is 5. The molecule has 2 heterocycles. The molecule has 1 aromatic heterocycles. The van der Waals surface area contributed by atoms with E-state index in [1.807, 2.05) is 0 Å². The van der Waals surface area contributed by atoms with Gasteiger partial charge in [-0.25, -0.2) is 9.97 Å². The molecule has 2 rings (SSSR count). The van der Waals surface area contributed by atoms with E-state index < -0.39 is 0 Å². The molecule has 86 valence electrons. The number of Topliss-reactive ketones (excluding diaryl/α,β-unsaturated/α-hetero) is 1. The maximum atomic E-state index is 11.2. The lowest BCUT2D eigenvalue weighted by Gasteiger charge is -2.21. The van der Waals surface area contributed by atoms with Crippen molar-refractivity contribution in [1.82, 2.24) is 9.97 Å². The molecule has 1 saturated heterocycles. The van der Waals surface area contributed by atoms with Crippen LogP contribution in [0.1, 0.15) is 34.9 Å². The van der Waals surface area contributed by atoms with E-state index in [1.54, 1.807) is 13.1 Å². The molecule has 0 aliphatic carbocycles. The van der Waals surface area contributed by atoms with Crippen LogP contribution in [0.25, 0.3) is 0 Å². The third kappa shape index (κ3) is 2.25. The van der Waals surface area contributed by atoms with Crippen LogP contribution >= 0.6 is 0 Å². The van der Waals surface area contributed by atoms with Crippen LogP contribution in [0.3, 0.4) is 0 Å². The molecule has 1 unspecified atom stereocenters. The van der Waals surface area contributed by atoms with Gasteiger partial charge in [-0.1, -0.05) is 0 Å². The second-order valence-electron chi connectivity index (χ2n) is 3.72. The molecule has 5 nitrogen and oxygen atoms in total. The smallest absolute Gasteiger partial charge is 0.163 e. The number of ether oxygens (including phenoxy) is 2. The molecule has 0 amide bonds. The highest BCUT2D eigenvalue weighted by atomic mass is 16.6. The highest BCUT2D eigenvalue weighted by Crippen LogP contribution is 2.18. The summed E-state index contributed by atoms with van der Waals surface area (Å²) in [6, 6.07) is 0. The lowest BCUT2D eigenvalue weighted by Crippen LogP contribution is -2.24. The van der Waals surface area contributed by atoms with Gasteiger partial charge in [-0.2, -0.15) is 0 Å². The summed E-state index contributed by atoms with van der Waals surface area (Å²) >= 11 is 0. The summed E-state index contributed by atoms with van der Waals surface area (Å²) in [7, 11) is 0. The molecule has 0 aromatic carbocycles. The van der Waals surface area contributed by atoms with Crippen LogP contribution in [-0.4, -0.2) is 35.6 Å². The van der Waals surface area contributed by atoms with Crippen LogP contribution in [0, 0.1) is 6.92 Å². The normalized spacial score (nSPS) is 20.8. The number of nitrogens with zero attached hydrogens (tertiary/aromatic N) is 2. The first kappa shape index (κ1) is 11.2. The molecule has 0 saturated carbocycles. The number of carbonyl (C=O) groups excluding carboxylic acids is 1. The predicted molar refractivity (Wildman–Crippen MR) is 56.3 cm³/mol. The number of aryl methyl sites for hydroxylation is 1. The zero-order chi connectivity index (χ0) is 11.5. The second-order valence-corrected chi connectivity index (χ2v) is 3.72. The van der Waals surface area contributed by atoms with E-state index in [4.69, 9.17) is 9.47 Å². The van der Waals surface area contributed by atoms with Crippen LogP contribution < -0.4 is 0 Å². The molecule has 1 aliphatic rings. The SMILES string of the molecule is CC(=O)c1cnc(C2COCCO2)nc1C. The lowest BCUT2D eigenvalue weighted by molar-refractivity contribution is -0.0935. The highest BCUT2D eigenvalue weighted by molar-refractivity contribution is 5.94. The summed E-state index contributed by atoms with van der Waals surface area (Å²) < 4.78 is 10.8. The fourth-order valence-electron chi connectivity index (χ4n) is 1.62. The third-order valence-corrected chi connectivity index (χ3v) is 2.48. The fraction of sp³-hybridized carbons (Fsp3) is 0.545. The molecule has 1 atom stereocenters. The monoisotopic (exact) mass is 222 g/mol. The topological polar surface area (TPSA) is 61.3 Å². The van der Waals surface area contributed by atoms with Crippen molar-refractivity contribution in [2.45, 2.75) is 20.0 Å². The fourth-order valence-corrected chi connectivity index (χ4v) is 1.62. The van der Waals surface area contributed by atoms with Crippen LogP contribution in [0.4, 0.5) is 0 Å². The third-order valence-electron chi connectivity index (χ3n) is 2.48. The summed E-state index contributed by atoms with van der Waals surface area (Å²) in [5.41, 5.74) is 1.24. The zero-order valence-electron chi connectivity index (χ0n) is 9.40. The van der Waals surface area contributed by atoms with Crippen molar-refractivity contribution in [3.05, 3.63) is 23.3 Å². The van der Waals surface area contributed by atoms with E-state index in [0.717, 1.165) is 0 Å². The lowest BCUT2D eigenvalue weighted by atomic mass is 10.2. The molecular weight excluding hydrogens is 208 g/mol. The minimum Gasteiger partial charge on any atom is -0.376 e. The molecule has 1 aliphatic heterocycles. The van der Waals surface area contributed by atoms with Gasteiger partial charge in [0.15, 0.2) is 11.6 Å². The highest BCUT2D eigenvalue weighted by Gasteiger charge is 2.20. The van der Waals surface area contributed by atoms with Gasteiger partial charge >= 0.3 is 0 Å². The summed E-state index contributed by atoms with van der Waals surface area (Å²) in [6.45, 7) is 4.94. The summed E-state index contributed by atoms with van der Waals surface area (Å²) in [4.78, 5) is 19.6. The molecule has 0 bridgehead atoms. The minimum atomic E-state index is -0.214. The number of rotatable bonds is 2. The van der Waals surface area contributed by atoms with Gasteiger partial charge in [-0.15, -0.1) is 0 Å². The van der Waals surface area contributed by atoms with Gasteiger partial charge < -0.3 is 9.47 Å². The Morgan fingerprint density at radius 3 is 2.88 bits per heavy atom. The molecule has 5 heteroatoms. The van der Waals surface area contributed by atoms with Crippen molar-refractivity contribution >= 4 is 5.78 Å². The maximum Gasteiger partial charge on any atom is 0.163 e. The van der Waals surface area contributed by atoms with Gasteiger partial charge in [0.05, 0.1) is 31.1 Å². The van der Waals surface area contributed by atoms with Gasteiger partial charge in [0.25, 0.3) is 0 Å². The van der Waals surface area contributed by atoms with Gasteiger partial charge in [-0.05, 0) is 13.8 Å². The minimum absolute atomic E-state index is 0.0233. The molecule has 0 spiro atoms. The first-order chi connectivity index (χ1) is 7.68. The number of carbonyl (C=O) groups is 1. The average molecular weight is 222 g/mol. The summed E-state index contributed by atoms with van der Waals surface area (Å²) in [5, 5.41) is 0. The number of ketones is 1. The Kier molecular flexibility index (Phi) is 3.26. The quantitative estimate of drug-likeness (QED) is 0.700. The zero-order valence-corrected chi connectivity index (χ0v) is 9.40.